The number of nitrogens with zero attached hydrogens (tertiary/aromatic N) is 1. The molecule has 0 fully saturated rings. The highest BCUT2D eigenvalue weighted by atomic mass is 35.5. The lowest BCUT2D eigenvalue weighted by Gasteiger charge is -2.20. The first kappa shape index (κ1) is 18.2. The number of carbonyl (C=O) groups is 2. The zero-order valence-electron chi connectivity index (χ0n) is 11.8. The van der Waals surface area contributed by atoms with Crippen molar-refractivity contribution in [1.82, 2.24) is 9.69 Å². The molecule has 1 heterocycles. The first-order chi connectivity index (χ1) is 9.88. The van der Waals surface area contributed by atoms with Gasteiger partial charge in [0.1, 0.15) is 9.36 Å². The van der Waals surface area contributed by atoms with E-state index in [1.807, 2.05) is 0 Å². The van der Waals surface area contributed by atoms with Crippen LogP contribution in [0.25, 0.3) is 0 Å². The van der Waals surface area contributed by atoms with Gasteiger partial charge in [-0.25, -0.2) is 4.79 Å². The Balaban J connectivity index is 2.72. The summed E-state index contributed by atoms with van der Waals surface area (Å²) in [6.45, 7) is 4.24. The van der Waals surface area contributed by atoms with Crippen molar-refractivity contribution in [3.63, 3.8) is 0 Å². The molecular formula is C12H16Cl2N2O4S. The smallest absolute Gasteiger partial charge is 0.360 e. The Bertz CT molecular complexity index is 507. The largest absolute Gasteiger partial charge is 0.447 e. The Morgan fingerprint density at radius 2 is 2.05 bits per heavy atom. The highest BCUT2D eigenvalue weighted by Crippen LogP contribution is 2.30. The molecule has 0 aliphatic rings. The predicted octanol–water partition coefficient (Wildman–Crippen LogP) is 2.39. The third-order valence-corrected chi connectivity index (χ3v) is 4.11. The van der Waals surface area contributed by atoms with E-state index in [2.05, 4.69) is 9.69 Å². The molecule has 1 amide bonds. The van der Waals surface area contributed by atoms with Crippen LogP contribution >= 0.6 is 34.7 Å². The summed E-state index contributed by atoms with van der Waals surface area (Å²) in [5, 5.41) is 2.66. The maximum Gasteiger partial charge on any atom is 0.360 e. The summed E-state index contributed by atoms with van der Waals surface area (Å²) in [5.41, 5.74) is -0.0815. The minimum atomic E-state index is -0.939. The molecule has 0 saturated heterocycles. The number of halogens is 2. The van der Waals surface area contributed by atoms with E-state index in [-0.39, 0.29) is 21.0 Å². The van der Waals surface area contributed by atoms with Crippen molar-refractivity contribution in [2.24, 2.45) is 5.92 Å². The van der Waals surface area contributed by atoms with Gasteiger partial charge in [-0.1, -0.05) is 37.0 Å². The SMILES string of the molecule is COCCNC(=O)[C@@H](OC(=O)c1nsc(Cl)c1Cl)C(C)C. The van der Waals surface area contributed by atoms with Gasteiger partial charge in [-0.2, -0.15) is 4.37 Å². The maximum atomic E-state index is 12.0. The van der Waals surface area contributed by atoms with E-state index in [1.54, 1.807) is 13.8 Å². The molecular weight excluding hydrogens is 339 g/mol. The number of aromatic nitrogens is 1. The van der Waals surface area contributed by atoms with Gasteiger partial charge < -0.3 is 14.8 Å². The lowest BCUT2D eigenvalue weighted by Crippen LogP contribution is -2.42. The van der Waals surface area contributed by atoms with E-state index >= 15 is 0 Å². The van der Waals surface area contributed by atoms with Gasteiger partial charge in [-0.05, 0) is 17.5 Å². The van der Waals surface area contributed by atoms with Crippen LogP contribution in [0.4, 0.5) is 0 Å². The fourth-order valence-corrected chi connectivity index (χ4v) is 2.41. The van der Waals surface area contributed by atoms with Crippen molar-refractivity contribution in [1.29, 1.82) is 0 Å². The van der Waals surface area contributed by atoms with Crippen LogP contribution in [0.5, 0.6) is 0 Å². The summed E-state index contributed by atoms with van der Waals surface area (Å²) >= 11 is 12.5. The average Bonchev–Trinajstić information content (AvgIpc) is 2.76. The van der Waals surface area contributed by atoms with E-state index in [0.717, 1.165) is 11.5 Å². The quantitative estimate of drug-likeness (QED) is 0.600. The monoisotopic (exact) mass is 354 g/mol. The van der Waals surface area contributed by atoms with Gasteiger partial charge in [0.05, 0.1) is 6.61 Å². The molecule has 0 aliphatic carbocycles. The van der Waals surface area contributed by atoms with Crippen LogP contribution in [-0.4, -0.2) is 42.6 Å². The molecule has 0 radical (unpaired) electrons. The van der Waals surface area contributed by atoms with Crippen LogP contribution in [0.3, 0.4) is 0 Å². The Morgan fingerprint density at radius 3 is 2.52 bits per heavy atom. The van der Waals surface area contributed by atoms with Gasteiger partial charge in [-0.3, -0.25) is 4.79 Å². The fraction of sp³-hybridized carbons (Fsp3) is 0.583. The first-order valence-corrected chi connectivity index (χ1v) is 7.69. The molecule has 0 spiro atoms. The summed E-state index contributed by atoms with van der Waals surface area (Å²) in [6, 6.07) is 0. The molecule has 1 N–H and O–H groups in total. The first-order valence-electron chi connectivity index (χ1n) is 6.16. The number of ether oxygens (including phenoxy) is 2. The van der Waals surface area contributed by atoms with Gasteiger partial charge in [0.2, 0.25) is 0 Å². The van der Waals surface area contributed by atoms with Crippen molar-refractivity contribution in [2.45, 2.75) is 20.0 Å². The second-order valence-electron chi connectivity index (χ2n) is 4.47. The maximum absolute atomic E-state index is 12.0. The summed E-state index contributed by atoms with van der Waals surface area (Å²) < 4.78 is 14.0. The molecule has 0 aromatic carbocycles. The number of amides is 1. The van der Waals surface area contributed by atoms with Crippen molar-refractivity contribution < 1.29 is 19.1 Å². The third-order valence-electron chi connectivity index (χ3n) is 2.49. The number of hydrogen-bond donors (Lipinski definition) is 1. The van der Waals surface area contributed by atoms with Crippen molar-refractivity contribution in [2.75, 3.05) is 20.3 Å². The lowest BCUT2D eigenvalue weighted by atomic mass is 10.1. The third kappa shape index (κ3) is 5.10. The highest BCUT2D eigenvalue weighted by Gasteiger charge is 2.29. The molecule has 0 unspecified atom stereocenters. The van der Waals surface area contributed by atoms with Crippen LogP contribution in [0.2, 0.25) is 9.36 Å². The second kappa shape index (κ2) is 8.53. The lowest BCUT2D eigenvalue weighted by molar-refractivity contribution is -0.132. The molecule has 0 bridgehead atoms. The standard InChI is InChI=1S/C12H16Cl2N2O4S/c1-6(2)9(11(17)15-4-5-19-3)20-12(18)8-7(13)10(14)21-16-8/h6,9H,4-5H2,1-3H3,(H,15,17)/t9-/m0/s1. The summed E-state index contributed by atoms with van der Waals surface area (Å²) in [7, 11) is 1.53. The Morgan fingerprint density at radius 1 is 1.38 bits per heavy atom. The van der Waals surface area contributed by atoms with Gasteiger partial charge in [0.15, 0.2) is 11.8 Å². The number of rotatable bonds is 7. The van der Waals surface area contributed by atoms with E-state index in [0.29, 0.717) is 13.2 Å². The van der Waals surface area contributed by atoms with Crippen LogP contribution in [0.15, 0.2) is 0 Å². The molecule has 0 saturated carbocycles. The van der Waals surface area contributed by atoms with Crippen LogP contribution in [0.1, 0.15) is 24.3 Å². The Labute approximate surface area is 136 Å². The van der Waals surface area contributed by atoms with E-state index < -0.39 is 18.0 Å². The second-order valence-corrected chi connectivity index (χ2v) is 6.23. The molecule has 6 nitrogen and oxygen atoms in total. The summed E-state index contributed by atoms with van der Waals surface area (Å²) in [5.74, 6) is -1.37. The predicted molar refractivity (Wildman–Crippen MR) is 81.1 cm³/mol. The zero-order valence-corrected chi connectivity index (χ0v) is 14.1. The van der Waals surface area contributed by atoms with Crippen molar-refractivity contribution in [3.05, 3.63) is 15.1 Å². The molecule has 1 atom stereocenters. The molecule has 0 aliphatic heterocycles. The molecule has 1 rings (SSSR count). The number of methoxy groups -OCH3 is 1. The minimum absolute atomic E-state index is 0.0361. The van der Waals surface area contributed by atoms with Gasteiger partial charge in [0.25, 0.3) is 5.91 Å². The van der Waals surface area contributed by atoms with E-state index in [1.165, 1.54) is 7.11 Å². The Kier molecular flexibility index (Phi) is 7.37. The van der Waals surface area contributed by atoms with Gasteiger partial charge >= 0.3 is 5.97 Å². The molecule has 21 heavy (non-hydrogen) atoms. The molecule has 118 valence electrons. The normalized spacial score (nSPS) is 12.3. The van der Waals surface area contributed by atoms with Gasteiger partial charge in [-0.15, -0.1) is 0 Å². The topological polar surface area (TPSA) is 77.5 Å². The number of hydrogen-bond acceptors (Lipinski definition) is 6. The molecule has 1 aromatic heterocycles. The Hall–Kier alpha value is -0.890. The van der Waals surface area contributed by atoms with Crippen molar-refractivity contribution >= 4 is 46.6 Å². The highest BCUT2D eigenvalue weighted by molar-refractivity contribution is 7.11. The van der Waals surface area contributed by atoms with E-state index in [4.69, 9.17) is 32.7 Å². The zero-order chi connectivity index (χ0) is 16.0. The number of esters is 1. The number of carbonyl (C=O) groups excluding carboxylic acids is 2. The average molecular weight is 355 g/mol. The summed E-state index contributed by atoms with van der Waals surface area (Å²) in [4.78, 5) is 24.0. The summed E-state index contributed by atoms with van der Waals surface area (Å²) in [6.07, 6.45) is -0.939. The fourth-order valence-electron chi connectivity index (χ4n) is 1.43. The minimum Gasteiger partial charge on any atom is -0.447 e. The molecule has 1 aromatic rings. The van der Waals surface area contributed by atoms with Crippen LogP contribution < -0.4 is 5.32 Å². The molecule has 9 heteroatoms. The van der Waals surface area contributed by atoms with E-state index in [9.17, 15) is 9.59 Å². The number of nitrogens with one attached hydrogen (secondary N) is 1. The van der Waals surface area contributed by atoms with Crippen LogP contribution in [0, 0.1) is 5.92 Å². The van der Waals surface area contributed by atoms with Gasteiger partial charge in [0, 0.05) is 13.7 Å². The van der Waals surface area contributed by atoms with Crippen molar-refractivity contribution in [3.8, 4) is 0 Å². The van der Waals surface area contributed by atoms with Crippen LogP contribution in [-0.2, 0) is 14.3 Å².